The quantitative estimate of drug-likeness (QED) is 0.782. The lowest BCUT2D eigenvalue weighted by molar-refractivity contribution is 0.0950. The van der Waals surface area contributed by atoms with Gasteiger partial charge >= 0.3 is 0 Å². The number of hydrogen-bond acceptors (Lipinski definition) is 2. The van der Waals surface area contributed by atoms with E-state index in [-0.39, 0.29) is 5.91 Å². The Kier molecular flexibility index (Phi) is 4.84. The molecular formula is C12H17N2O. The van der Waals surface area contributed by atoms with Crippen molar-refractivity contribution in [1.82, 2.24) is 10.2 Å². The van der Waals surface area contributed by atoms with Crippen molar-refractivity contribution in [3.05, 3.63) is 35.9 Å². The van der Waals surface area contributed by atoms with Gasteiger partial charge in [-0.25, -0.2) is 0 Å². The number of carbonyl (C=O) groups excluding carboxylic acids is 1. The van der Waals surface area contributed by atoms with Crippen molar-refractivity contribution >= 4 is 5.91 Å². The molecule has 0 bridgehead atoms. The van der Waals surface area contributed by atoms with Crippen molar-refractivity contribution in [3.8, 4) is 0 Å². The Morgan fingerprint density at radius 2 is 2.13 bits per heavy atom. The molecule has 0 fully saturated rings. The lowest BCUT2D eigenvalue weighted by Gasteiger charge is -2.13. The van der Waals surface area contributed by atoms with Gasteiger partial charge in [0.25, 0.3) is 5.91 Å². The van der Waals surface area contributed by atoms with Crippen LogP contribution in [-0.4, -0.2) is 37.5 Å². The van der Waals surface area contributed by atoms with E-state index in [4.69, 9.17) is 0 Å². The summed E-state index contributed by atoms with van der Waals surface area (Å²) < 4.78 is 0. The molecule has 3 nitrogen and oxygen atoms in total. The van der Waals surface area contributed by atoms with Crippen LogP contribution < -0.4 is 5.32 Å². The van der Waals surface area contributed by atoms with Gasteiger partial charge in [0.05, 0.1) is 0 Å². The van der Waals surface area contributed by atoms with E-state index in [1.54, 1.807) is 24.3 Å². The molecule has 0 unspecified atom stereocenters. The first-order valence-electron chi connectivity index (χ1n) is 5.17. The molecule has 0 spiro atoms. The predicted molar refractivity (Wildman–Crippen MR) is 60.8 cm³/mol. The molecule has 1 rings (SSSR count). The summed E-state index contributed by atoms with van der Waals surface area (Å²) in [7, 11) is 2.03. The van der Waals surface area contributed by atoms with Gasteiger partial charge in [-0.3, -0.25) is 4.79 Å². The third-order valence-electron chi connectivity index (χ3n) is 2.30. The predicted octanol–water partition coefficient (Wildman–Crippen LogP) is 1.17. The van der Waals surface area contributed by atoms with Crippen molar-refractivity contribution < 1.29 is 4.79 Å². The molecule has 3 heteroatoms. The number of hydrogen-bond donors (Lipinski definition) is 1. The Hall–Kier alpha value is -1.35. The summed E-state index contributed by atoms with van der Waals surface area (Å²) in [5.41, 5.74) is 0.688. The number of nitrogens with zero attached hydrogens (tertiary/aromatic N) is 1. The number of benzene rings is 1. The van der Waals surface area contributed by atoms with E-state index >= 15 is 0 Å². The van der Waals surface area contributed by atoms with Crippen LogP contribution in [0.1, 0.15) is 17.3 Å². The van der Waals surface area contributed by atoms with Crippen LogP contribution >= 0.6 is 0 Å². The van der Waals surface area contributed by atoms with Gasteiger partial charge in [0.15, 0.2) is 0 Å². The molecule has 0 aliphatic carbocycles. The Morgan fingerprint density at radius 3 is 2.73 bits per heavy atom. The normalized spacial score (nSPS) is 10.3. The highest BCUT2D eigenvalue weighted by Gasteiger charge is 2.03. The monoisotopic (exact) mass is 205 g/mol. The Bertz CT molecular complexity index is 298. The van der Waals surface area contributed by atoms with Crippen LogP contribution in [0.15, 0.2) is 24.3 Å². The number of likely N-dealkylation sites (N-methyl/N-ethyl adjacent to an activating group) is 1. The molecule has 0 saturated heterocycles. The van der Waals surface area contributed by atoms with Crippen LogP contribution in [-0.2, 0) is 0 Å². The maximum atomic E-state index is 11.6. The van der Waals surface area contributed by atoms with Gasteiger partial charge in [0, 0.05) is 18.7 Å². The standard InChI is InChI=1S/C12H17N2O/c1-3-14(2)10-9-13-12(15)11-7-5-4-6-8-11/h5-8H,3,9-10H2,1-2H3,(H,13,15). The molecule has 1 aromatic rings. The highest BCUT2D eigenvalue weighted by atomic mass is 16.1. The summed E-state index contributed by atoms with van der Waals surface area (Å²) in [6.45, 7) is 4.65. The van der Waals surface area contributed by atoms with Gasteiger partial charge in [0.1, 0.15) is 0 Å². The topological polar surface area (TPSA) is 32.3 Å². The molecule has 1 N–H and O–H groups in total. The van der Waals surface area contributed by atoms with E-state index in [1.807, 2.05) is 7.05 Å². The van der Waals surface area contributed by atoms with Gasteiger partial charge in [0.2, 0.25) is 0 Å². The van der Waals surface area contributed by atoms with E-state index in [0.29, 0.717) is 12.1 Å². The van der Waals surface area contributed by atoms with Crippen molar-refractivity contribution in [2.75, 3.05) is 26.7 Å². The first-order chi connectivity index (χ1) is 7.24. The molecule has 1 amide bonds. The summed E-state index contributed by atoms with van der Waals surface area (Å²) in [6, 6.07) is 9.89. The van der Waals surface area contributed by atoms with Gasteiger partial charge < -0.3 is 10.2 Å². The third-order valence-corrected chi connectivity index (χ3v) is 2.30. The third kappa shape index (κ3) is 4.13. The second-order valence-corrected chi connectivity index (χ2v) is 3.44. The summed E-state index contributed by atoms with van der Waals surface area (Å²) in [5.74, 6) is -0.0199. The second-order valence-electron chi connectivity index (χ2n) is 3.44. The lowest BCUT2D eigenvalue weighted by atomic mass is 10.2. The Morgan fingerprint density at radius 1 is 1.47 bits per heavy atom. The highest BCUT2D eigenvalue weighted by molar-refractivity contribution is 5.94. The molecule has 81 valence electrons. The summed E-state index contributed by atoms with van der Waals surface area (Å²) >= 11 is 0. The molecule has 0 saturated carbocycles. The number of rotatable bonds is 5. The maximum absolute atomic E-state index is 11.6. The molecule has 1 radical (unpaired) electrons. The fourth-order valence-corrected chi connectivity index (χ4v) is 1.16. The van der Waals surface area contributed by atoms with E-state index in [0.717, 1.165) is 13.1 Å². The number of amides is 1. The summed E-state index contributed by atoms with van der Waals surface area (Å²) in [4.78, 5) is 13.7. The second kappa shape index (κ2) is 6.19. The van der Waals surface area contributed by atoms with Crippen molar-refractivity contribution in [2.45, 2.75) is 6.92 Å². The Balaban J connectivity index is 2.31. The van der Waals surface area contributed by atoms with Crippen LogP contribution in [0.4, 0.5) is 0 Å². The van der Waals surface area contributed by atoms with Crippen molar-refractivity contribution in [1.29, 1.82) is 0 Å². The smallest absolute Gasteiger partial charge is 0.251 e. The summed E-state index contributed by atoms with van der Waals surface area (Å²) in [6.07, 6.45) is 0. The first kappa shape index (κ1) is 11.7. The van der Waals surface area contributed by atoms with E-state index in [9.17, 15) is 4.79 Å². The fourth-order valence-electron chi connectivity index (χ4n) is 1.16. The van der Waals surface area contributed by atoms with Gasteiger partial charge in [-0.15, -0.1) is 0 Å². The number of nitrogens with one attached hydrogen (secondary N) is 1. The van der Waals surface area contributed by atoms with E-state index < -0.39 is 0 Å². The van der Waals surface area contributed by atoms with Crippen LogP contribution in [0, 0.1) is 6.07 Å². The van der Waals surface area contributed by atoms with Crippen LogP contribution in [0.5, 0.6) is 0 Å². The van der Waals surface area contributed by atoms with Crippen molar-refractivity contribution in [3.63, 3.8) is 0 Å². The average molecular weight is 205 g/mol. The molecule has 0 aliphatic heterocycles. The molecule has 15 heavy (non-hydrogen) atoms. The molecule has 0 aromatic heterocycles. The fraction of sp³-hybridized carbons (Fsp3) is 0.417. The zero-order valence-corrected chi connectivity index (χ0v) is 9.29. The average Bonchev–Trinajstić information content (AvgIpc) is 2.29. The minimum atomic E-state index is -0.0199. The minimum absolute atomic E-state index is 0.0199. The summed E-state index contributed by atoms with van der Waals surface area (Å²) in [5, 5.41) is 2.87. The van der Waals surface area contributed by atoms with E-state index in [1.165, 1.54) is 0 Å². The molecular weight excluding hydrogens is 188 g/mol. The Labute approximate surface area is 91.1 Å². The van der Waals surface area contributed by atoms with Crippen molar-refractivity contribution in [2.24, 2.45) is 0 Å². The molecule has 0 heterocycles. The van der Waals surface area contributed by atoms with Crippen LogP contribution in [0.3, 0.4) is 0 Å². The largest absolute Gasteiger partial charge is 0.351 e. The van der Waals surface area contributed by atoms with E-state index in [2.05, 4.69) is 23.2 Å². The SMILES string of the molecule is CCN(C)CCNC(=O)c1cc[c]cc1. The van der Waals surface area contributed by atoms with Gasteiger partial charge in [-0.1, -0.05) is 19.1 Å². The molecule has 0 atom stereocenters. The molecule has 0 aliphatic rings. The van der Waals surface area contributed by atoms with Gasteiger partial charge in [-0.05, 0) is 31.8 Å². The lowest BCUT2D eigenvalue weighted by Crippen LogP contribution is -2.32. The zero-order chi connectivity index (χ0) is 11.1. The molecule has 1 aromatic carbocycles. The number of carbonyl (C=O) groups is 1. The highest BCUT2D eigenvalue weighted by Crippen LogP contribution is 1.96. The maximum Gasteiger partial charge on any atom is 0.251 e. The van der Waals surface area contributed by atoms with Gasteiger partial charge in [-0.2, -0.15) is 0 Å². The first-order valence-corrected chi connectivity index (χ1v) is 5.17. The minimum Gasteiger partial charge on any atom is -0.351 e. The van der Waals surface area contributed by atoms with Crippen LogP contribution in [0.2, 0.25) is 0 Å². The zero-order valence-electron chi connectivity index (χ0n) is 9.29. The van der Waals surface area contributed by atoms with Crippen LogP contribution in [0.25, 0.3) is 0 Å².